The predicted octanol–water partition coefficient (Wildman–Crippen LogP) is 1.68. The highest BCUT2D eigenvalue weighted by atomic mass is 79.9. The van der Waals surface area contributed by atoms with Gasteiger partial charge in [-0.15, -0.1) is 0 Å². The number of carboxylic acid groups (broad SMARTS) is 1. The van der Waals surface area contributed by atoms with Gasteiger partial charge in [0.15, 0.2) is 17.2 Å². The lowest BCUT2D eigenvalue weighted by Crippen LogP contribution is -2.17. The summed E-state index contributed by atoms with van der Waals surface area (Å²) in [7, 11) is 0. The van der Waals surface area contributed by atoms with Crippen molar-refractivity contribution in [3.05, 3.63) is 33.1 Å². The molecule has 0 bridgehead atoms. The first-order chi connectivity index (χ1) is 8.99. The van der Waals surface area contributed by atoms with Gasteiger partial charge >= 0.3 is 5.97 Å². The van der Waals surface area contributed by atoms with E-state index in [1.165, 1.54) is 6.20 Å². The number of aromatic carboxylic acids is 1. The molecular formula is C9H5Br2N5O3. The monoisotopic (exact) mass is 389 g/mol. The molecule has 0 aliphatic heterocycles. The zero-order valence-corrected chi connectivity index (χ0v) is 12.2. The van der Waals surface area contributed by atoms with Gasteiger partial charge in [0.1, 0.15) is 9.21 Å². The minimum Gasteiger partial charge on any atom is -0.477 e. The summed E-state index contributed by atoms with van der Waals surface area (Å²) in [5.74, 6) is -1.81. The zero-order chi connectivity index (χ0) is 14.0. The van der Waals surface area contributed by atoms with E-state index in [1.54, 1.807) is 0 Å². The fourth-order valence-electron chi connectivity index (χ4n) is 1.23. The summed E-state index contributed by atoms with van der Waals surface area (Å²) in [6.45, 7) is 0. The summed E-state index contributed by atoms with van der Waals surface area (Å²) in [6.07, 6.45) is 2.52. The lowest BCUT2D eigenvalue weighted by molar-refractivity contribution is 0.0686. The highest BCUT2D eigenvalue weighted by Crippen LogP contribution is 2.20. The molecular weight excluding hydrogens is 386 g/mol. The maximum absolute atomic E-state index is 11.9. The minimum absolute atomic E-state index is 0.160. The Morgan fingerprint density at radius 3 is 2.68 bits per heavy atom. The molecule has 0 fully saturated rings. The van der Waals surface area contributed by atoms with Crippen molar-refractivity contribution in [2.45, 2.75) is 0 Å². The highest BCUT2D eigenvalue weighted by molar-refractivity contribution is 9.11. The van der Waals surface area contributed by atoms with Crippen molar-refractivity contribution in [2.75, 3.05) is 5.32 Å². The topological polar surface area (TPSA) is 121 Å². The second-order valence-electron chi connectivity index (χ2n) is 3.22. The quantitative estimate of drug-likeness (QED) is 0.732. The van der Waals surface area contributed by atoms with E-state index in [0.717, 1.165) is 6.33 Å². The van der Waals surface area contributed by atoms with Crippen LogP contribution in [0.1, 0.15) is 21.0 Å². The molecule has 0 unspecified atom stereocenters. The summed E-state index contributed by atoms with van der Waals surface area (Å²) in [5, 5.41) is 11.3. The zero-order valence-electron chi connectivity index (χ0n) is 9.02. The van der Waals surface area contributed by atoms with Crippen LogP contribution < -0.4 is 5.32 Å². The Balaban J connectivity index is 2.26. The Bertz CT molecular complexity index is 657. The molecule has 8 nitrogen and oxygen atoms in total. The molecule has 2 rings (SSSR count). The molecule has 0 aliphatic rings. The number of rotatable bonds is 3. The standard InChI is InChI=1S/C9H5Br2N5O3/c10-3-1-12-7(6(11)15-3)16-8(17)4-5(9(18)19)14-2-13-4/h1-2H,(H,13,14)(H,18,19)(H,12,16,17). The third kappa shape index (κ3) is 2.96. The molecule has 3 N–H and O–H groups in total. The number of imidazole rings is 1. The number of carbonyl (C=O) groups excluding carboxylic acids is 1. The molecule has 2 heterocycles. The van der Waals surface area contributed by atoms with Crippen molar-refractivity contribution >= 4 is 49.6 Å². The van der Waals surface area contributed by atoms with Crippen LogP contribution in [-0.4, -0.2) is 36.9 Å². The number of halogens is 2. The molecule has 2 aromatic rings. The second kappa shape index (κ2) is 5.45. The number of aromatic nitrogens is 4. The molecule has 0 spiro atoms. The summed E-state index contributed by atoms with van der Waals surface area (Å²) >= 11 is 6.24. The van der Waals surface area contributed by atoms with E-state index in [-0.39, 0.29) is 17.2 Å². The average Bonchev–Trinajstić information content (AvgIpc) is 2.82. The van der Waals surface area contributed by atoms with Gasteiger partial charge in [-0.3, -0.25) is 4.79 Å². The molecule has 0 saturated carbocycles. The van der Waals surface area contributed by atoms with Gasteiger partial charge in [0, 0.05) is 0 Å². The lowest BCUT2D eigenvalue weighted by atomic mass is 10.3. The fraction of sp³-hybridized carbons (Fsp3) is 0. The predicted molar refractivity (Wildman–Crippen MR) is 70.9 cm³/mol. The lowest BCUT2D eigenvalue weighted by Gasteiger charge is -2.04. The minimum atomic E-state index is -1.27. The Hall–Kier alpha value is -1.81. The van der Waals surface area contributed by atoms with Crippen LogP contribution in [0.5, 0.6) is 0 Å². The van der Waals surface area contributed by atoms with Crippen LogP contribution in [0, 0.1) is 0 Å². The first kappa shape index (κ1) is 13.6. The van der Waals surface area contributed by atoms with Gasteiger partial charge < -0.3 is 15.4 Å². The van der Waals surface area contributed by atoms with Gasteiger partial charge in [0.05, 0.1) is 12.5 Å². The number of nitrogens with one attached hydrogen (secondary N) is 2. The Labute approximate surface area is 122 Å². The van der Waals surface area contributed by atoms with Crippen molar-refractivity contribution in [1.29, 1.82) is 0 Å². The van der Waals surface area contributed by atoms with Crippen LogP contribution >= 0.6 is 31.9 Å². The largest absolute Gasteiger partial charge is 0.477 e. The van der Waals surface area contributed by atoms with E-state index >= 15 is 0 Å². The number of hydrogen-bond acceptors (Lipinski definition) is 5. The first-order valence-electron chi connectivity index (χ1n) is 4.75. The molecule has 0 radical (unpaired) electrons. The molecule has 10 heteroatoms. The van der Waals surface area contributed by atoms with Gasteiger partial charge in [0.25, 0.3) is 5.91 Å². The van der Waals surface area contributed by atoms with E-state index in [4.69, 9.17) is 5.11 Å². The number of anilines is 1. The molecule has 0 saturated heterocycles. The maximum Gasteiger partial charge on any atom is 0.354 e. The smallest absolute Gasteiger partial charge is 0.354 e. The van der Waals surface area contributed by atoms with Crippen molar-refractivity contribution < 1.29 is 14.7 Å². The molecule has 98 valence electrons. The second-order valence-corrected chi connectivity index (χ2v) is 4.78. The highest BCUT2D eigenvalue weighted by Gasteiger charge is 2.20. The van der Waals surface area contributed by atoms with Crippen LogP contribution in [0.3, 0.4) is 0 Å². The number of nitrogens with zero attached hydrogens (tertiary/aromatic N) is 3. The summed E-state index contributed by atoms with van der Waals surface area (Å²) in [5.41, 5.74) is -0.525. The third-order valence-corrected chi connectivity index (χ3v) is 2.94. The van der Waals surface area contributed by atoms with Crippen LogP contribution in [0.2, 0.25) is 0 Å². The van der Waals surface area contributed by atoms with Gasteiger partial charge in [-0.05, 0) is 31.9 Å². The van der Waals surface area contributed by atoms with E-state index in [9.17, 15) is 9.59 Å². The normalized spacial score (nSPS) is 10.2. The maximum atomic E-state index is 11.9. The number of H-pyrrole nitrogens is 1. The Morgan fingerprint density at radius 2 is 2.05 bits per heavy atom. The Morgan fingerprint density at radius 1 is 1.32 bits per heavy atom. The summed E-state index contributed by atoms with van der Waals surface area (Å²) in [6, 6.07) is 0. The summed E-state index contributed by atoms with van der Waals surface area (Å²) in [4.78, 5) is 36.7. The molecule has 1 amide bonds. The number of aromatic amines is 1. The van der Waals surface area contributed by atoms with Crippen LogP contribution in [0.4, 0.5) is 5.82 Å². The van der Waals surface area contributed by atoms with E-state index < -0.39 is 11.9 Å². The van der Waals surface area contributed by atoms with Gasteiger partial charge in [-0.2, -0.15) is 0 Å². The molecule has 0 atom stereocenters. The molecule has 2 aromatic heterocycles. The van der Waals surface area contributed by atoms with E-state index in [0.29, 0.717) is 9.21 Å². The number of amides is 1. The van der Waals surface area contributed by atoms with Crippen molar-refractivity contribution in [2.24, 2.45) is 0 Å². The van der Waals surface area contributed by atoms with Crippen LogP contribution in [0.15, 0.2) is 21.7 Å². The van der Waals surface area contributed by atoms with Gasteiger partial charge in [-0.1, -0.05) is 0 Å². The number of carboxylic acids is 1. The molecule has 0 aliphatic carbocycles. The van der Waals surface area contributed by atoms with Crippen molar-refractivity contribution in [3.8, 4) is 0 Å². The first-order valence-corrected chi connectivity index (χ1v) is 6.33. The van der Waals surface area contributed by atoms with Gasteiger partial charge in [0.2, 0.25) is 0 Å². The van der Waals surface area contributed by atoms with Crippen LogP contribution in [0.25, 0.3) is 0 Å². The third-order valence-electron chi connectivity index (χ3n) is 2.00. The number of hydrogen-bond donors (Lipinski definition) is 3. The Kier molecular flexibility index (Phi) is 3.90. The SMILES string of the molecule is O=C(Nc1ncc(Br)nc1Br)c1nc[nH]c1C(=O)O. The van der Waals surface area contributed by atoms with E-state index in [2.05, 4.69) is 57.1 Å². The molecule has 0 aromatic carbocycles. The number of carbonyl (C=O) groups is 2. The molecule has 19 heavy (non-hydrogen) atoms. The van der Waals surface area contributed by atoms with Crippen molar-refractivity contribution in [3.63, 3.8) is 0 Å². The average molecular weight is 391 g/mol. The fourth-order valence-corrected chi connectivity index (χ4v) is 2.14. The van der Waals surface area contributed by atoms with Gasteiger partial charge in [-0.25, -0.2) is 19.7 Å². The van der Waals surface area contributed by atoms with Crippen molar-refractivity contribution in [1.82, 2.24) is 19.9 Å². The van der Waals surface area contributed by atoms with E-state index in [1.807, 2.05) is 0 Å². The summed E-state index contributed by atoms with van der Waals surface area (Å²) < 4.78 is 0.797. The van der Waals surface area contributed by atoms with Crippen LogP contribution in [-0.2, 0) is 0 Å².